The highest BCUT2D eigenvalue weighted by Gasteiger charge is 2.35. The molecule has 1 atom stereocenters. The third-order valence-electron chi connectivity index (χ3n) is 4.71. The summed E-state index contributed by atoms with van der Waals surface area (Å²) in [5.74, 6) is -0.735. The summed E-state index contributed by atoms with van der Waals surface area (Å²) in [5.41, 5.74) is 0.465. The molecule has 0 spiro atoms. The number of fused-ring (bicyclic) bond motifs is 2. The minimum Gasteiger partial charge on any atom is -0.376 e. The highest BCUT2D eigenvalue weighted by molar-refractivity contribution is 7.91. The number of amides is 1. The number of ether oxygens (including phenoxy) is 1. The zero-order chi connectivity index (χ0) is 18.3. The van der Waals surface area contributed by atoms with E-state index in [4.69, 9.17) is 4.74 Å². The summed E-state index contributed by atoms with van der Waals surface area (Å²) >= 11 is 0. The fourth-order valence-corrected chi connectivity index (χ4v) is 5.02. The normalized spacial score (nSPS) is 20.3. The Kier molecular flexibility index (Phi) is 4.13. The Labute approximate surface area is 151 Å². The van der Waals surface area contributed by atoms with Gasteiger partial charge in [-0.25, -0.2) is 8.42 Å². The highest BCUT2D eigenvalue weighted by atomic mass is 32.2. The summed E-state index contributed by atoms with van der Waals surface area (Å²) < 4.78 is 31.2. The van der Waals surface area contributed by atoms with Crippen LogP contribution in [0, 0.1) is 0 Å². The summed E-state index contributed by atoms with van der Waals surface area (Å²) in [6.07, 6.45) is 1.86. The summed E-state index contributed by atoms with van der Waals surface area (Å²) in [6.45, 7) is 1.07. The summed E-state index contributed by atoms with van der Waals surface area (Å²) in [6, 6.07) is 10.3. The highest BCUT2D eigenvalue weighted by Crippen LogP contribution is 2.34. The molecule has 0 saturated carbocycles. The molecule has 26 heavy (non-hydrogen) atoms. The minimum atomic E-state index is -3.85. The molecular formula is C19H17NO5S. The van der Waals surface area contributed by atoms with Gasteiger partial charge in [0, 0.05) is 29.8 Å². The van der Waals surface area contributed by atoms with E-state index < -0.39 is 9.84 Å². The topological polar surface area (TPSA) is 89.5 Å². The molecule has 0 unspecified atom stereocenters. The molecule has 7 heteroatoms. The molecule has 2 aromatic rings. The second-order valence-electron chi connectivity index (χ2n) is 6.38. The van der Waals surface area contributed by atoms with Crippen LogP contribution in [-0.4, -0.2) is 39.4 Å². The van der Waals surface area contributed by atoms with Gasteiger partial charge in [-0.3, -0.25) is 9.59 Å². The van der Waals surface area contributed by atoms with Gasteiger partial charge in [0.25, 0.3) is 5.91 Å². The van der Waals surface area contributed by atoms with E-state index in [2.05, 4.69) is 5.32 Å². The predicted octanol–water partition coefficient (Wildman–Crippen LogP) is 1.97. The number of hydrogen-bond donors (Lipinski definition) is 1. The van der Waals surface area contributed by atoms with Gasteiger partial charge in [0.2, 0.25) is 9.84 Å². The second-order valence-corrected chi connectivity index (χ2v) is 8.27. The average Bonchev–Trinajstić information content (AvgIpc) is 3.18. The number of carbonyl (C=O) groups excluding carboxylic acids is 2. The van der Waals surface area contributed by atoms with Crippen molar-refractivity contribution in [2.45, 2.75) is 28.7 Å². The van der Waals surface area contributed by atoms with E-state index in [1.165, 1.54) is 30.3 Å². The van der Waals surface area contributed by atoms with Crippen LogP contribution in [0.3, 0.4) is 0 Å². The maximum absolute atomic E-state index is 12.9. The monoisotopic (exact) mass is 371 g/mol. The van der Waals surface area contributed by atoms with Crippen molar-refractivity contribution in [1.29, 1.82) is 0 Å². The Bertz CT molecular complexity index is 1010. The van der Waals surface area contributed by atoms with Gasteiger partial charge in [0.1, 0.15) is 0 Å². The van der Waals surface area contributed by atoms with Gasteiger partial charge in [-0.15, -0.1) is 0 Å². The molecule has 1 saturated heterocycles. The van der Waals surface area contributed by atoms with Crippen LogP contribution in [0.2, 0.25) is 0 Å². The smallest absolute Gasteiger partial charge is 0.251 e. The van der Waals surface area contributed by atoms with E-state index in [0.717, 1.165) is 12.8 Å². The molecule has 2 heterocycles. The van der Waals surface area contributed by atoms with Gasteiger partial charge in [-0.05, 0) is 43.2 Å². The fraction of sp³-hybridized carbons (Fsp3) is 0.263. The van der Waals surface area contributed by atoms with E-state index in [1.54, 1.807) is 12.1 Å². The first kappa shape index (κ1) is 16.9. The van der Waals surface area contributed by atoms with Crippen molar-refractivity contribution in [3.8, 4) is 0 Å². The average molecular weight is 371 g/mol. The molecule has 134 valence electrons. The lowest BCUT2D eigenvalue weighted by molar-refractivity contribution is 0.0857. The Balaban J connectivity index is 1.67. The molecule has 1 fully saturated rings. The van der Waals surface area contributed by atoms with Crippen molar-refractivity contribution in [3.63, 3.8) is 0 Å². The Morgan fingerprint density at radius 2 is 1.88 bits per heavy atom. The Morgan fingerprint density at radius 3 is 2.65 bits per heavy atom. The molecule has 6 nitrogen and oxygen atoms in total. The van der Waals surface area contributed by atoms with Crippen molar-refractivity contribution in [2.24, 2.45) is 0 Å². The van der Waals surface area contributed by atoms with Crippen LogP contribution in [0.5, 0.6) is 0 Å². The third kappa shape index (κ3) is 2.73. The van der Waals surface area contributed by atoms with Crippen LogP contribution in [0.4, 0.5) is 0 Å². The van der Waals surface area contributed by atoms with Gasteiger partial charge in [0.15, 0.2) is 5.78 Å². The van der Waals surface area contributed by atoms with Crippen LogP contribution in [0.25, 0.3) is 0 Å². The maximum Gasteiger partial charge on any atom is 0.251 e. The molecule has 1 N–H and O–H groups in total. The van der Waals surface area contributed by atoms with Gasteiger partial charge in [0.05, 0.1) is 15.9 Å². The van der Waals surface area contributed by atoms with E-state index >= 15 is 0 Å². The summed E-state index contributed by atoms with van der Waals surface area (Å²) in [7, 11) is -3.85. The van der Waals surface area contributed by atoms with Crippen molar-refractivity contribution in [1.82, 2.24) is 5.32 Å². The number of hydrogen-bond acceptors (Lipinski definition) is 5. The number of sulfone groups is 1. The van der Waals surface area contributed by atoms with Gasteiger partial charge >= 0.3 is 0 Å². The van der Waals surface area contributed by atoms with Crippen LogP contribution in [0.15, 0.2) is 52.3 Å². The number of benzene rings is 2. The molecule has 4 rings (SSSR count). The van der Waals surface area contributed by atoms with E-state index in [-0.39, 0.29) is 44.3 Å². The summed E-state index contributed by atoms with van der Waals surface area (Å²) in [5, 5.41) is 2.76. The van der Waals surface area contributed by atoms with Gasteiger partial charge in [-0.2, -0.15) is 0 Å². The van der Waals surface area contributed by atoms with Crippen LogP contribution in [0.1, 0.15) is 39.1 Å². The van der Waals surface area contributed by atoms with E-state index in [1.807, 2.05) is 0 Å². The summed E-state index contributed by atoms with van der Waals surface area (Å²) in [4.78, 5) is 24.8. The number of nitrogens with one attached hydrogen (secondary N) is 1. The number of ketones is 1. The lowest BCUT2D eigenvalue weighted by atomic mass is 10.0. The second kappa shape index (κ2) is 6.34. The molecule has 0 aliphatic carbocycles. The minimum absolute atomic E-state index is 0.00577. The largest absolute Gasteiger partial charge is 0.376 e. The lowest BCUT2D eigenvalue weighted by Crippen LogP contribution is -2.32. The standard InChI is InChI=1S/C19H17NO5S/c21-18-14-5-1-2-6-16(14)26(23,24)17-10-12(7-8-15(17)18)19(22)20-11-13-4-3-9-25-13/h1-2,5-8,10,13H,3-4,9,11H2,(H,20,22)/t13-/m1/s1. The van der Waals surface area contributed by atoms with Crippen molar-refractivity contribution < 1.29 is 22.7 Å². The van der Waals surface area contributed by atoms with Crippen LogP contribution in [-0.2, 0) is 14.6 Å². The van der Waals surface area contributed by atoms with Crippen molar-refractivity contribution in [3.05, 3.63) is 59.2 Å². The predicted molar refractivity (Wildman–Crippen MR) is 93.1 cm³/mol. The van der Waals surface area contributed by atoms with Crippen LogP contribution < -0.4 is 5.32 Å². The fourth-order valence-electron chi connectivity index (χ4n) is 3.34. The number of carbonyl (C=O) groups is 2. The Morgan fingerprint density at radius 1 is 1.12 bits per heavy atom. The maximum atomic E-state index is 12.9. The molecule has 1 amide bonds. The zero-order valence-corrected chi connectivity index (χ0v) is 14.7. The third-order valence-corrected chi connectivity index (χ3v) is 6.57. The zero-order valence-electron chi connectivity index (χ0n) is 13.9. The van der Waals surface area contributed by atoms with Crippen LogP contribution >= 0.6 is 0 Å². The SMILES string of the molecule is O=C(NC[C@H]1CCCO1)c1ccc2c(c1)S(=O)(=O)c1ccccc1C2=O. The number of rotatable bonds is 3. The first-order valence-corrected chi connectivity index (χ1v) is 9.89. The van der Waals surface area contributed by atoms with Gasteiger partial charge < -0.3 is 10.1 Å². The molecular weight excluding hydrogens is 354 g/mol. The molecule has 0 bridgehead atoms. The molecule has 2 aromatic carbocycles. The van der Waals surface area contributed by atoms with E-state index in [0.29, 0.717) is 13.2 Å². The molecule has 0 radical (unpaired) electrons. The quantitative estimate of drug-likeness (QED) is 0.760. The van der Waals surface area contributed by atoms with Gasteiger partial charge in [-0.1, -0.05) is 12.1 Å². The molecule has 2 aliphatic rings. The van der Waals surface area contributed by atoms with Crippen molar-refractivity contribution >= 4 is 21.5 Å². The van der Waals surface area contributed by atoms with E-state index in [9.17, 15) is 18.0 Å². The first-order chi connectivity index (χ1) is 12.5. The molecule has 2 aliphatic heterocycles. The Hall–Kier alpha value is -2.51. The first-order valence-electron chi connectivity index (χ1n) is 8.41. The van der Waals surface area contributed by atoms with Crippen molar-refractivity contribution in [2.75, 3.05) is 13.2 Å². The molecule has 0 aromatic heterocycles. The lowest BCUT2D eigenvalue weighted by Gasteiger charge is -2.19.